The second-order valence-corrected chi connectivity index (χ2v) is 8.66. The Hall–Kier alpha value is -3.17. The van der Waals surface area contributed by atoms with Crippen LogP contribution in [0.4, 0.5) is 5.69 Å². The SMILES string of the molecule is C=CCn1c(SCC(=O)Nc2ccc(OC)cc2OC)nnc1C(C)Oc1ccc(Cl)c(C)c1. The summed E-state index contributed by atoms with van der Waals surface area (Å²) in [5.74, 6) is 2.40. The summed E-state index contributed by atoms with van der Waals surface area (Å²) in [5, 5.41) is 12.7. The van der Waals surface area contributed by atoms with Crippen molar-refractivity contribution >= 4 is 35.0 Å². The quantitative estimate of drug-likeness (QED) is 0.280. The smallest absolute Gasteiger partial charge is 0.234 e. The molecule has 0 saturated carbocycles. The summed E-state index contributed by atoms with van der Waals surface area (Å²) in [6.45, 7) is 8.11. The number of hydrogen-bond donors (Lipinski definition) is 1. The first-order chi connectivity index (χ1) is 16.4. The number of anilines is 1. The van der Waals surface area contributed by atoms with Crippen molar-refractivity contribution in [3.63, 3.8) is 0 Å². The largest absolute Gasteiger partial charge is 0.497 e. The molecule has 0 radical (unpaired) electrons. The highest BCUT2D eigenvalue weighted by atomic mass is 35.5. The van der Waals surface area contributed by atoms with E-state index in [2.05, 4.69) is 22.1 Å². The molecule has 3 aromatic rings. The maximum atomic E-state index is 12.6. The number of benzene rings is 2. The van der Waals surface area contributed by atoms with Crippen LogP contribution in [0.5, 0.6) is 17.2 Å². The molecule has 1 heterocycles. The molecule has 1 N–H and O–H groups in total. The zero-order valence-electron chi connectivity index (χ0n) is 19.5. The van der Waals surface area contributed by atoms with E-state index in [1.165, 1.54) is 18.9 Å². The molecule has 180 valence electrons. The van der Waals surface area contributed by atoms with Crippen LogP contribution in [0, 0.1) is 6.92 Å². The lowest BCUT2D eigenvalue weighted by Crippen LogP contribution is -2.16. The molecule has 2 aromatic carbocycles. The Morgan fingerprint density at radius 3 is 2.65 bits per heavy atom. The molecule has 1 atom stereocenters. The topological polar surface area (TPSA) is 87.5 Å². The maximum absolute atomic E-state index is 12.6. The second-order valence-electron chi connectivity index (χ2n) is 7.31. The van der Waals surface area contributed by atoms with Crippen molar-refractivity contribution in [2.45, 2.75) is 31.7 Å². The number of carbonyl (C=O) groups is 1. The van der Waals surface area contributed by atoms with Gasteiger partial charge in [0, 0.05) is 17.6 Å². The van der Waals surface area contributed by atoms with Gasteiger partial charge >= 0.3 is 0 Å². The number of nitrogens with zero attached hydrogens (tertiary/aromatic N) is 3. The molecule has 1 unspecified atom stereocenters. The highest BCUT2D eigenvalue weighted by Gasteiger charge is 2.20. The average molecular weight is 503 g/mol. The summed E-state index contributed by atoms with van der Waals surface area (Å²) in [5.41, 5.74) is 1.48. The standard InChI is InChI=1S/C24H27ClN4O4S/c1-6-11-29-23(16(3)33-18-7-9-19(25)15(2)12-18)27-28-24(29)34-14-22(30)26-20-10-8-17(31-4)13-21(20)32-5/h6-10,12-13,16H,1,11,14H2,2-5H3,(H,26,30). The monoisotopic (exact) mass is 502 g/mol. The molecule has 1 aromatic heterocycles. The van der Waals surface area contributed by atoms with E-state index in [1.807, 2.05) is 30.5 Å². The predicted octanol–water partition coefficient (Wildman–Crippen LogP) is 5.31. The zero-order valence-corrected chi connectivity index (χ0v) is 21.1. The fourth-order valence-electron chi connectivity index (χ4n) is 3.17. The highest BCUT2D eigenvalue weighted by molar-refractivity contribution is 7.99. The van der Waals surface area contributed by atoms with Crippen LogP contribution in [0.2, 0.25) is 5.02 Å². The Kier molecular flexibility index (Phi) is 8.84. The van der Waals surface area contributed by atoms with Gasteiger partial charge in [-0.25, -0.2) is 0 Å². The van der Waals surface area contributed by atoms with Gasteiger partial charge in [0.25, 0.3) is 0 Å². The van der Waals surface area contributed by atoms with E-state index in [9.17, 15) is 4.79 Å². The van der Waals surface area contributed by atoms with Gasteiger partial charge in [0.15, 0.2) is 17.1 Å². The number of halogens is 1. The molecule has 0 aliphatic carbocycles. The maximum Gasteiger partial charge on any atom is 0.234 e. The van der Waals surface area contributed by atoms with Crippen LogP contribution in [-0.4, -0.2) is 40.6 Å². The fraction of sp³-hybridized carbons (Fsp3) is 0.292. The minimum Gasteiger partial charge on any atom is -0.497 e. The Morgan fingerprint density at radius 2 is 1.97 bits per heavy atom. The molecular weight excluding hydrogens is 476 g/mol. The van der Waals surface area contributed by atoms with Crippen molar-refractivity contribution in [3.8, 4) is 17.2 Å². The number of methoxy groups -OCH3 is 2. The first-order valence-corrected chi connectivity index (χ1v) is 11.8. The number of thioether (sulfide) groups is 1. The molecule has 34 heavy (non-hydrogen) atoms. The first kappa shape index (κ1) is 25.5. The number of nitrogens with one attached hydrogen (secondary N) is 1. The zero-order chi connectivity index (χ0) is 24.7. The third-order valence-corrected chi connectivity index (χ3v) is 6.27. The van der Waals surface area contributed by atoms with Gasteiger partial charge in [-0.3, -0.25) is 9.36 Å². The van der Waals surface area contributed by atoms with Gasteiger partial charge in [0.05, 0.1) is 25.7 Å². The summed E-state index contributed by atoms with van der Waals surface area (Å²) in [6, 6.07) is 10.7. The molecule has 10 heteroatoms. The van der Waals surface area contributed by atoms with E-state index >= 15 is 0 Å². The number of amides is 1. The summed E-state index contributed by atoms with van der Waals surface area (Å²) in [7, 11) is 3.10. The van der Waals surface area contributed by atoms with Crippen molar-refractivity contribution < 1.29 is 19.0 Å². The van der Waals surface area contributed by atoms with Crippen molar-refractivity contribution in [1.82, 2.24) is 14.8 Å². The predicted molar refractivity (Wildman–Crippen MR) is 134 cm³/mol. The molecule has 3 rings (SSSR count). The lowest BCUT2D eigenvalue weighted by molar-refractivity contribution is -0.113. The van der Waals surface area contributed by atoms with Crippen LogP contribution < -0.4 is 19.5 Å². The van der Waals surface area contributed by atoms with Crippen LogP contribution in [0.3, 0.4) is 0 Å². The number of hydrogen-bond acceptors (Lipinski definition) is 7. The van der Waals surface area contributed by atoms with E-state index in [1.54, 1.807) is 37.5 Å². The summed E-state index contributed by atoms with van der Waals surface area (Å²) in [6.07, 6.45) is 1.37. The van der Waals surface area contributed by atoms with Crippen LogP contribution in [0.25, 0.3) is 0 Å². The van der Waals surface area contributed by atoms with E-state index in [0.717, 1.165) is 5.56 Å². The fourth-order valence-corrected chi connectivity index (χ4v) is 4.05. The third-order valence-electron chi connectivity index (χ3n) is 4.88. The molecular formula is C24H27ClN4O4S. The Bertz CT molecular complexity index is 1170. The van der Waals surface area contributed by atoms with Crippen LogP contribution >= 0.6 is 23.4 Å². The van der Waals surface area contributed by atoms with Gasteiger partial charge in [0.1, 0.15) is 17.2 Å². The minimum absolute atomic E-state index is 0.135. The highest BCUT2D eigenvalue weighted by Crippen LogP contribution is 2.30. The number of allylic oxidation sites excluding steroid dienone is 1. The Balaban J connectivity index is 1.68. The van der Waals surface area contributed by atoms with Gasteiger partial charge in [-0.2, -0.15) is 0 Å². The second kappa shape index (κ2) is 11.8. The Labute approximate surface area is 208 Å². The van der Waals surface area contributed by atoms with E-state index in [-0.39, 0.29) is 17.8 Å². The van der Waals surface area contributed by atoms with Crippen LogP contribution in [0.15, 0.2) is 54.2 Å². The van der Waals surface area contributed by atoms with Gasteiger partial charge in [0.2, 0.25) is 5.91 Å². The summed E-state index contributed by atoms with van der Waals surface area (Å²) < 4.78 is 18.5. The van der Waals surface area contributed by atoms with Gasteiger partial charge in [-0.05, 0) is 49.7 Å². The normalized spacial score (nSPS) is 11.6. The number of aromatic nitrogens is 3. The van der Waals surface area contributed by atoms with Gasteiger partial charge < -0.3 is 19.5 Å². The number of carbonyl (C=O) groups excluding carboxylic acids is 1. The molecule has 0 fully saturated rings. The molecule has 0 aliphatic heterocycles. The van der Waals surface area contributed by atoms with Gasteiger partial charge in [-0.15, -0.1) is 16.8 Å². The molecule has 8 nitrogen and oxygen atoms in total. The molecule has 0 spiro atoms. The van der Waals surface area contributed by atoms with E-state index in [0.29, 0.717) is 45.5 Å². The van der Waals surface area contributed by atoms with Crippen LogP contribution in [-0.2, 0) is 11.3 Å². The van der Waals surface area contributed by atoms with Crippen molar-refractivity contribution in [2.75, 3.05) is 25.3 Å². The lowest BCUT2D eigenvalue weighted by Gasteiger charge is -2.16. The summed E-state index contributed by atoms with van der Waals surface area (Å²) >= 11 is 7.38. The first-order valence-electron chi connectivity index (χ1n) is 10.5. The number of rotatable bonds is 11. The third kappa shape index (κ3) is 6.24. The average Bonchev–Trinajstić information content (AvgIpc) is 3.23. The molecule has 0 bridgehead atoms. The molecule has 0 aliphatic rings. The van der Waals surface area contributed by atoms with Crippen molar-refractivity contribution in [1.29, 1.82) is 0 Å². The number of aryl methyl sites for hydroxylation is 1. The molecule has 0 saturated heterocycles. The van der Waals surface area contributed by atoms with Gasteiger partial charge in [-0.1, -0.05) is 29.4 Å². The Morgan fingerprint density at radius 1 is 1.21 bits per heavy atom. The van der Waals surface area contributed by atoms with E-state index < -0.39 is 0 Å². The lowest BCUT2D eigenvalue weighted by atomic mass is 10.2. The van der Waals surface area contributed by atoms with Crippen molar-refractivity contribution in [3.05, 3.63) is 65.5 Å². The summed E-state index contributed by atoms with van der Waals surface area (Å²) in [4.78, 5) is 12.6. The van der Waals surface area contributed by atoms with Crippen molar-refractivity contribution in [2.24, 2.45) is 0 Å². The molecule has 1 amide bonds. The minimum atomic E-state index is -0.375. The van der Waals surface area contributed by atoms with Crippen LogP contribution in [0.1, 0.15) is 24.4 Å². The number of ether oxygens (including phenoxy) is 3. The van der Waals surface area contributed by atoms with E-state index in [4.69, 9.17) is 25.8 Å².